The van der Waals surface area contributed by atoms with E-state index in [-0.39, 0.29) is 28.5 Å². The molecule has 1 fully saturated rings. The van der Waals surface area contributed by atoms with Crippen LogP contribution >= 0.6 is 0 Å². The molecule has 2 aromatic rings. The van der Waals surface area contributed by atoms with Gasteiger partial charge in [-0.2, -0.15) is 0 Å². The number of carbonyl (C=O) groups excluding carboxylic acids is 2. The Kier molecular flexibility index (Phi) is 3.73. The highest BCUT2D eigenvalue weighted by molar-refractivity contribution is 6.11. The van der Waals surface area contributed by atoms with Gasteiger partial charge in [0.2, 0.25) is 0 Å². The molecule has 0 saturated heterocycles. The lowest BCUT2D eigenvalue weighted by Crippen LogP contribution is -2.60. The molecule has 2 aromatic carbocycles. The third-order valence-corrected chi connectivity index (χ3v) is 5.98. The van der Waals surface area contributed by atoms with Crippen molar-refractivity contribution < 1.29 is 28.2 Å². The summed E-state index contributed by atoms with van der Waals surface area (Å²) in [6, 6.07) is 5.90. The number of fused-ring (bicyclic) bond motifs is 2. The first-order valence-electron chi connectivity index (χ1n) is 9.52. The van der Waals surface area contributed by atoms with Crippen molar-refractivity contribution in [3.63, 3.8) is 0 Å². The van der Waals surface area contributed by atoms with Crippen LogP contribution in [-0.4, -0.2) is 29.1 Å². The van der Waals surface area contributed by atoms with Crippen molar-refractivity contribution in [2.24, 2.45) is 0 Å². The average Bonchev–Trinajstić information content (AvgIpc) is 2.90. The van der Waals surface area contributed by atoms with Crippen molar-refractivity contribution in [1.82, 2.24) is 0 Å². The first-order valence-corrected chi connectivity index (χ1v) is 9.52. The summed E-state index contributed by atoms with van der Waals surface area (Å²) in [5, 5.41) is 10.6. The molecule has 0 aromatic heterocycles. The van der Waals surface area contributed by atoms with E-state index in [1.807, 2.05) is 0 Å². The summed E-state index contributed by atoms with van der Waals surface area (Å²) in [7, 11) is 0. The SMILES string of the molecule is CCN1C(=O)C2(CCC2)Oc2cc(F)c(N3C(=O)c4ccc(F)cc4C3O)cc21. The van der Waals surface area contributed by atoms with Crippen LogP contribution in [0, 0.1) is 11.6 Å². The number of aliphatic hydroxyl groups is 1. The van der Waals surface area contributed by atoms with Gasteiger partial charge in [0.1, 0.15) is 11.6 Å². The van der Waals surface area contributed by atoms with Gasteiger partial charge in [0.05, 0.1) is 11.4 Å². The van der Waals surface area contributed by atoms with Gasteiger partial charge in [0, 0.05) is 23.7 Å². The Bertz CT molecular complexity index is 1070. The van der Waals surface area contributed by atoms with E-state index in [0.717, 1.165) is 29.5 Å². The number of ether oxygens (including phenoxy) is 1. The van der Waals surface area contributed by atoms with Crippen molar-refractivity contribution in [3.8, 4) is 5.75 Å². The van der Waals surface area contributed by atoms with Gasteiger partial charge < -0.3 is 14.7 Å². The van der Waals surface area contributed by atoms with Crippen molar-refractivity contribution in [3.05, 3.63) is 53.1 Å². The summed E-state index contributed by atoms with van der Waals surface area (Å²) in [4.78, 5) is 28.1. The number of likely N-dealkylation sites (N-methyl/N-ethyl adjacent to an activating group) is 1. The van der Waals surface area contributed by atoms with E-state index in [4.69, 9.17) is 4.74 Å². The number of nitrogens with zero attached hydrogens (tertiary/aromatic N) is 2. The molecule has 2 aliphatic heterocycles. The van der Waals surface area contributed by atoms with E-state index >= 15 is 4.39 Å². The lowest BCUT2D eigenvalue weighted by molar-refractivity contribution is -0.143. The number of amides is 2. The molecule has 0 radical (unpaired) electrons. The van der Waals surface area contributed by atoms with E-state index in [0.29, 0.717) is 25.1 Å². The minimum atomic E-state index is -1.53. The number of halogens is 2. The zero-order valence-electron chi connectivity index (χ0n) is 15.6. The third kappa shape index (κ3) is 2.35. The molecule has 1 atom stereocenters. The smallest absolute Gasteiger partial charge is 0.271 e. The Morgan fingerprint density at radius 2 is 1.93 bits per heavy atom. The highest BCUT2D eigenvalue weighted by atomic mass is 19.1. The lowest BCUT2D eigenvalue weighted by atomic mass is 9.77. The van der Waals surface area contributed by atoms with Crippen LogP contribution in [0.4, 0.5) is 20.2 Å². The molecule has 1 aliphatic carbocycles. The molecule has 5 rings (SSSR count). The van der Waals surface area contributed by atoms with Gasteiger partial charge in [0.15, 0.2) is 17.6 Å². The van der Waals surface area contributed by atoms with Crippen LogP contribution in [0.25, 0.3) is 0 Å². The fraction of sp³-hybridized carbons (Fsp3) is 0.333. The first kappa shape index (κ1) is 18.1. The van der Waals surface area contributed by atoms with Crippen LogP contribution in [0.2, 0.25) is 0 Å². The second-order valence-electron chi connectivity index (χ2n) is 7.55. The van der Waals surface area contributed by atoms with Crippen molar-refractivity contribution in [2.75, 3.05) is 16.3 Å². The fourth-order valence-corrected chi connectivity index (χ4v) is 4.31. The highest BCUT2D eigenvalue weighted by Gasteiger charge is 2.52. The van der Waals surface area contributed by atoms with E-state index in [1.165, 1.54) is 17.0 Å². The average molecular weight is 400 g/mol. The zero-order chi connectivity index (χ0) is 20.5. The van der Waals surface area contributed by atoms with Crippen LogP contribution in [0.5, 0.6) is 5.75 Å². The number of rotatable bonds is 2. The van der Waals surface area contributed by atoms with E-state index < -0.39 is 29.4 Å². The van der Waals surface area contributed by atoms with Gasteiger partial charge in [-0.3, -0.25) is 14.5 Å². The Labute approximate surface area is 165 Å². The van der Waals surface area contributed by atoms with E-state index in [2.05, 4.69) is 0 Å². The van der Waals surface area contributed by atoms with Crippen molar-refractivity contribution in [1.29, 1.82) is 0 Å². The van der Waals surface area contributed by atoms with Crippen LogP contribution < -0.4 is 14.5 Å². The zero-order valence-corrected chi connectivity index (χ0v) is 15.6. The molecule has 0 bridgehead atoms. The number of hydrogen-bond acceptors (Lipinski definition) is 4. The molecular formula is C21H18F2N2O4. The molecule has 1 N–H and O–H groups in total. The summed E-state index contributed by atoms with van der Waals surface area (Å²) in [5.41, 5.74) is -0.622. The summed E-state index contributed by atoms with van der Waals surface area (Å²) in [6.07, 6.45) is 0.488. The molecule has 2 heterocycles. The number of anilines is 2. The Balaban J connectivity index is 1.61. The van der Waals surface area contributed by atoms with E-state index in [9.17, 15) is 19.1 Å². The van der Waals surface area contributed by atoms with Gasteiger partial charge in [-0.1, -0.05) is 0 Å². The summed E-state index contributed by atoms with van der Waals surface area (Å²) < 4.78 is 34.5. The molecule has 1 unspecified atom stereocenters. The molecule has 6 nitrogen and oxygen atoms in total. The Morgan fingerprint density at radius 3 is 2.59 bits per heavy atom. The largest absolute Gasteiger partial charge is 0.475 e. The standard InChI is InChI=1S/C21H18F2N2O4/c1-2-24-16-10-15(14(23)9-17(16)29-21(20(24)28)6-3-7-21)25-18(26)12-5-4-11(22)8-13(12)19(25)27/h4-5,8-10,19,27H,2-3,6-7H2,1H3. The molecule has 1 spiro atoms. The number of benzene rings is 2. The minimum Gasteiger partial charge on any atom is -0.475 e. The number of aliphatic hydroxyl groups excluding tert-OH is 1. The van der Waals surface area contributed by atoms with Gasteiger partial charge in [-0.05, 0) is 50.5 Å². The fourth-order valence-electron chi connectivity index (χ4n) is 4.31. The predicted octanol–water partition coefficient (Wildman–Crippen LogP) is 3.28. The second-order valence-corrected chi connectivity index (χ2v) is 7.55. The molecule has 1 saturated carbocycles. The maximum absolute atomic E-state index is 15.0. The topological polar surface area (TPSA) is 70.1 Å². The van der Waals surface area contributed by atoms with Crippen molar-refractivity contribution >= 4 is 23.2 Å². The maximum atomic E-state index is 15.0. The normalized spacial score (nSPS) is 21.7. The van der Waals surface area contributed by atoms with E-state index in [1.54, 1.807) is 6.92 Å². The third-order valence-electron chi connectivity index (χ3n) is 5.98. The van der Waals surface area contributed by atoms with Gasteiger partial charge in [0.25, 0.3) is 11.8 Å². The molecule has 3 aliphatic rings. The quantitative estimate of drug-likeness (QED) is 0.840. The molecule has 29 heavy (non-hydrogen) atoms. The maximum Gasteiger partial charge on any atom is 0.271 e. The second kappa shape index (κ2) is 6.00. The number of hydrogen-bond donors (Lipinski definition) is 1. The monoisotopic (exact) mass is 400 g/mol. The van der Waals surface area contributed by atoms with Crippen LogP contribution in [0.15, 0.2) is 30.3 Å². The number of carbonyl (C=O) groups is 2. The molecule has 8 heteroatoms. The predicted molar refractivity (Wildman–Crippen MR) is 99.8 cm³/mol. The summed E-state index contributed by atoms with van der Waals surface area (Å²) in [6.45, 7) is 2.15. The Morgan fingerprint density at radius 1 is 1.17 bits per heavy atom. The first-order chi connectivity index (χ1) is 13.9. The molecular weight excluding hydrogens is 382 g/mol. The van der Waals surface area contributed by atoms with Crippen LogP contribution in [0.3, 0.4) is 0 Å². The van der Waals surface area contributed by atoms with Gasteiger partial charge >= 0.3 is 0 Å². The summed E-state index contributed by atoms with van der Waals surface area (Å²) >= 11 is 0. The van der Waals surface area contributed by atoms with Crippen molar-refractivity contribution in [2.45, 2.75) is 38.0 Å². The highest BCUT2D eigenvalue weighted by Crippen LogP contribution is 2.49. The minimum absolute atomic E-state index is 0.0696. The van der Waals surface area contributed by atoms with Crippen LogP contribution in [-0.2, 0) is 4.79 Å². The lowest BCUT2D eigenvalue weighted by Gasteiger charge is -2.47. The Hall–Kier alpha value is -3.00. The summed E-state index contributed by atoms with van der Waals surface area (Å²) in [5.74, 6) is -1.98. The molecule has 2 amide bonds. The van der Waals surface area contributed by atoms with Gasteiger partial charge in [-0.25, -0.2) is 8.78 Å². The van der Waals surface area contributed by atoms with Crippen LogP contribution in [0.1, 0.15) is 48.3 Å². The van der Waals surface area contributed by atoms with Gasteiger partial charge in [-0.15, -0.1) is 0 Å². The molecule has 150 valence electrons.